The van der Waals surface area contributed by atoms with E-state index in [0.29, 0.717) is 5.54 Å². The predicted octanol–water partition coefficient (Wildman–Crippen LogP) is 3.12. The first-order valence-electron chi connectivity index (χ1n) is 5.08. The highest BCUT2D eigenvalue weighted by Crippen LogP contribution is 2.12. The Morgan fingerprint density at radius 2 is 1.67 bits per heavy atom. The van der Waals surface area contributed by atoms with Gasteiger partial charge in [0.25, 0.3) is 0 Å². The van der Waals surface area contributed by atoms with Gasteiger partial charge in [-0.15, -0.1) is 0 Å². The first-order valence-corrected chi connectivity index (χ1v) is 5.08. The van der Waals surface area contributed by atoms with Crippen molar-refractivity contribution in [3.63, 3.8) is 0 Å². The minimum absolute atomic E-state index is 0.331. The Balaban J connectivity index is 3.65. The third-order valence-corrected chi connectivity index (χ3v) is 2.61. The molecule has 1 N–H and O–H groups in total. The molecular weight excluding hydrogens is 146 g/mol. The first-order chi connectivity index (χ1) is 5.68. The average molecular weight is 169 g/mol. The van der Waals surface area contributed by atoms with Crippen molar-refractivity contribution in [2.75, 3.05) is 6.54 Å². The summed E-state index contributed by atoms with van der Waals surface area (Å²) in [6.45, 7) is 9.92. The highest BCUT2D eigenvalue weighted by molar-refractivity contribution is 4.88. The summed E-state index contributed by atoms with van der Waals surface area (Å²) in [5, 5.41) is 3.54. The summed E-state index contributed by atoms with van der Waals surface area (Å²) in [6, 6.07) is 0. The van der Waals surface area contributed by atoms with E-state index in [0.717, 1.165) is 13.0 Å². The fourth-order valence-electron chi connectivity index (χ4n) is 1.06. The quantitative estimate of drug-likeness (QED) is 0.602. The van der Waals surface area contributed by atoms with Crippen LogP contribution in [0.2, 0.25) is 0 Å². The summed E-state index contributed by atoms with van der Waals surface area (Å²) >= 11 is 0. The normalized spacial score (nSPS) is 12.7. The molecule has 0 atom stereocenters. The molecule has 0 spiro atoms. The lowest BCUT2D eigenvalue weighted by atomic mass is 9.96. The molecule has 0 aliphatic rings. The Hall–Kier alpha value is -0.300. The van der Waals surface area contributed by atoms with Crippen molar-refractivity contribution in [2.24, 2.45) is 0 Å². The molecule has 0 amide bonds. The van der Waals surface area contributed by atoms with E-state index in [-0.39, 0.29) is 0 Å². The second kappa shape index (κ2) is 6.24. The molecule has 0 aliphatic heterocycles. The van der Waals surface area contributed by atoms with Gasteiger partial charge < -0.3 is 5.32 Å². The van der Waals surface area contributed by atoms with Gasteiger partial charge in [0, 0.05) is 12.1 Å². The molecule has 1 nitrogen and oxygen atoms in total. The van der Waals surface area contributed by atoms with Gasteiger partial charge in [-0.2, -0.15) is 0 Å². The summed E-state index contributed by atoms with van der Waals surface area (Å²) in [6.07, 6.45) is 7.95. The van der Waals surface area contributed by atoms with Crippen LogP contribution in [-0.2, 0) is 0 Å². The lowest BCUT2D eigenvalue weighted by Crippen LogP contribution is -2.41. The van der Waals surface area contributed by atoms with Crippen LogP contribution in [0.1, 0.15) is 47.0 Å². The lowest BCUT2D eigenvalue weighted by Gasteiger charge is -2.27. The number of allylic oxidation sites excluding steroid dienone is 1. The minimum Gasteiger partial charge on any atom is -0.308 e. The minimum atomic E-state index is 0.331. The van der Waals surface area contributed by atoms with Crippen molar-refractivity contribution in [3.05, 3.63) is 12.2 Å². The maximum atomic E-state index is 3.54. The van der Waals surface area contributed by atoms with Crippen LogP contribution in [-0.4, -0.2) is 12.1 Å². The van der Waals surface area contributed by atoms with Crippen molar-refractivity contribution in [3.8, 4) is 0 Å². The van der Waals surface area contributed by atoms with Gasteiger partial charge in [0.05, 0.1) is 0 Å². The molecule has 0 aromatic rings. The van der Waals surface area contributed by atoms with Crippen molar-refractivity contribution < 1.29 is 0 Å². The maximum absolute atomic E-state index is 3.54. The van der Waals surface area contributed by atoms with Crippen LogP contribution < -0.4 is 5.32 Å². The molecule has 12 heavy (non-hydrogen) atoms. The SMILES string of the molecule is CC/C=C/CNC(C)(CC)CC. The highest BCUT2D eigenvalue weighted by Gasteiger charge is 2.16. The molecule has 0 saturated carbocycles. The van der Waals surface area contributed by atoms with Crippen LogP contribution in [0.15, 0.2) is 12.2 Å². The summed E-state index contributed by atoms with van der Waals surface area (Å²) in [5.74, 6) is 0. The van der Waals surface area contributed by atoms with Gasteiger partial charge in [-0.1, -0.05) is 32.9 Å². The van der Waals surface area contributed by atoms with Crippen molar-refractivity contribution >= 4 is 0 Å². The van der Waals surface area contributed by atoms with Gasteiger partial charge in [-0.25, -0.2) is 0 Å². The molecule has 0 heterocycles. The van der Waals surface area contributed by atoms with Crippen molar-refractivity contribution in [2.45, 2.75) is 52.5 Å². The van der Waals surface area contributed by atoms with Gasteiger partial charge in [0.15, 0.2) is 0 Å². The van der Waals surface area contributed by atoms with Gasteiger partial charge in [-0.3, -0.25) is 0 Å². The summed E-state index contributed by atoms with van der Waals surface area (Å²) < 4.78 is 0. The van der Waals surface area contributed by atoms with E-state index in [1.165, 1.54) is 12.8 Å². The van der Waals surface area contributed by atoms with Gasteiger partial charge in [0.1, 0.15) is 0 Å². The van der Waals surface area contributed by atoms with Crippen LogP contribution in [0.3, 0.4) is 0 Å². The predicted molar refractivity (Wildman–Crippen MR) is 56.4 cm³/mol. The summed E-state index contributed by atoms with van der Waals surface area (Å²) in [5.41, 5.74) is 0.331. The first kappa shape index (κ1) is 11.7. The van der Waals surface area contributed by atoms with E-state index in [2.05, 4.69) is 45.2 Å². The molecular formula is C11H23N. The second-order valence-corrected chi connectivity index (χ2v) is 3.53. The fourth-order valence-corrected chi connectivity index (χ4v) is 1.06. The smallest absolute Gasteiger partial charge is 0.0151 e. The molecule has 0 fully saturated rings. The molecule has 1 heteroatoms. The van der Waals surface area contributed by atoms with E-state index >= 15 is 0 Å². The maximum Gasteiger partial charge on any atom is 0.0151 e. The third-order valence-electron chi connectivity index (χ3n) is 2.61. The molecule has 0 bridgehead atoms. The molecule has 72 valence electrons. The molecule has 0 saturated heterocycles. The van der Waals surface area contributed by atoms with E-state index in [1.54, 1.807) is 0 Å². The molecule has 0 aromatic carbocycles. The topological polar surface area (TPSA) is 12.0 Å². The van der Waals surface area contributed by atoms with E-state index in [1.807, 2.05) is 0 Å². The van der Waals surface area contributed by atoms with Crippen LogP contribution in [0, 0.1) is 0 Å². The zero-order valence-electron chi connectivity index (χ0n) is 8.98. The van der Waals surface area contributed by atoms with Crippen molar-refractivity contribution in [1.82, 2.24) is 5.32 Å². The molecule has 0 aliphatic carbocycles. The highest BCUT2D eigenvalue weighted by atomic mass is 14.9. The largest absolute Gasteiger partial charge is 0.308 e. The number of hydrogen-bond donors (Lipinski definition) is 1. The molecule has 0 aromatic heterocycles. The van der Waals surface area contributed by atoms with E-state index < -0.39 is 0 Å². The van der Waals surface area contributed by atoms with Crippen LogP contribution in [0.25, 0.3) is 0 Å². The Labute approximate surface area is 77.2 Å². The van der Waals surface area contributed by atoms with Gasteiger partial charge >= 0.3 is 0 Å². The number of hydrogen-bond acceptors (Lipinski definition) is 1. The lowest BCUT2D eigenvalue weighted by molar-refractivity contribution is 0.346. The Bertz CT molecular complexity index is 123. The van der Waals surface area contributed by atoms with Gasteiger partial charge in [-0.05, 0) is 26.2 Å². The van der Waals surface area contributed by atoms with Crippen LogP contribution in [0.4, 0.5) is 0 Å². The molecule has 0 radical (unpaired) electrons. The Morgan fingerprint density at radius 3 is 2.08 bits per heavy atom. The third kappa shape index (κ3) is 4.55. The van der Waals surface area contributed by atoms with Crippen molar-refractivity contribution in [1.29, 1.82) is 0 Å². The number of rotatable bonds is 6. The average Bonchev–Trinajstić information content (AvgIpc) is 2.12. The monoisotopic (exact) mass is 169 g/mol. The summed E-state index contributed by atoms with van der Waals surface area (Å²) in [7, 11) is 0. The van der Waals surface area contributed by atoms with Gasteiger partial charge in [0.2, 0.25) is 0 Å². The van der Waals surface area contributed by atoms with E-state index in [9.17, 15) is 0 Å². The van der Waals surface area contributed by atoms with Crippen LogP contribution >= 0.6 is 0 Å². The Kier molecular flexibility index (Phi) is 6.09. The second-order valence-electron chi connectivity index (χ2n) is 3.53. The number of nitrogens with one attached hydrogen (secondary N) is 1. The summed E-state index contributed by atoms with van der Waals surface area (Å²) in [4.78, 5) is 0. The molecule has 0 rings (SSSR count). The van der Waals surface area contributed by atoms with Crippen LogP contribution in [0.5, 0.6) is 0 Å². The Morgan fingerprint density at radius 1 is 1.08 bits per heavy atom. The molecule has 0 unspecified atom stereocenters. The standard InChI is InChI=1S/C11H23N/c1-5-8-9-10-12-11(4,6-2)7-3/h8-9,12H,5-7,10H2,1-4H3/b9-8+. The van der Waals surface area contributed by atoms with E-state index in [4.69, 9.17) is 0 Å². The zero-order chi connectivity index (χ0) is 9.45. The zero-order valence-corrected chi connectivity index (χ0v) is 8.98. The fraction of sp³-hybridized carbons (Fsp3) is 0.818.